The van der Waals surface area contributed by atoms with Gasteiger partial charge in [0.1, 0.15) is 0 Å². The summed E-state index contributed by atoms with van der Waals surface area (Å²) in [6, 6.07) is 12.2. The molecule has 0 saturated heterocycles. The molecule has 2 aliphatic rings. The van der Waals surface area contributed by atoms with Crippen molar-refractivity contribution in [1.29, 1.82) is 0 Å². The Kier molecular flexibility index (Phi) is 4.44. The molecule has 0 unspecified atom stereocenters. The highest BCUT2D eigenvalue weighted by atomic mass is 32.2. The third-order valence-electron chi connectivity index (χ3n) is 4.86. The summed E-state index contributed by atoms with van der Waals surface area (Å²) in [7, 11) is -1.06. The lowest BCUT2D eigenvalue weighted by Gasteiger charge is -2.31. The number of hydrogen-bond acceptors (Lipinski definition) is 4. The predicted octanol–water partition coefficient (Wildman–Crippen LogP) is 4.11. The monoisotopic (exact) mass is 371 g/mol. The van der Waals surface area contributed by atoms with Crippen LogP contribution in [0.15, 0.2) is 47.4 Å². The smallest absolute Gasteiger partial charge is 0.255 e. The van der Waals surface area contributed by atoms with Crippen molar-refractivity contribution in [2.45, 2.75) is 42.8 Å². The molecule has 1 atom stereocenters. The van der Waals surface area contributed by atoms with Crippen LogP contribution in [0.2, 0.25) is 0 Å². The largest absolute Gasteiger partial charge is 0.448 e. The Labute approximate surface area is 155 Å². The minimum absolute atomic E-state index is 0.218. The van der Waals surface area contributed by atoms with Crippen LogP contribution in [0.4, 0.5) is 5.69 Å². The maximum absolute atomic E-state index is 12.4. The summed E-state index contributed by atoms with van der Waals surface area (Å²) in [6.45, 7) is 0. The van der Waals surface area contributed by atoms with Gasteiger partial charge in [-0.15, -0.1) is 0 Å². The van der Waals surface area contributed by atoms with Gasteiger partial charge in [0.05, 0.1) is 0 Å². The van der Waals surface area contributed by atoms with Crippen LogP contribution in [0.1, 0.15) is 42.5 Å². The van der Waals surface area contributed by atoms with E-state index in [1.807, 2.05) is 18.2 Å². The van der Waals surface area contributed by atoms with Crippen molar-refractivity contribution in [3.8, 4) is 11.5 Å². The molecule has 1 heterocycles. The molecule has 5 nitrogen and oxygen atoms in total. The van der Waals surface area contributed by atoms with Crippen molar-refractivity contribution < 1.29 is 18.5 Å². The summed E-state index contributed by atoms with van der Waals surface area (Å²) in [5.41, 5.74) is 1.17. The minimum atomic E-state index is -1.06. The highest BCUT2D eigenvalue weighted by molar-refractivity contribution is 7.84. The zero-order chi connectivity index (χ0) is 18.1. The fourth-order valence-electron chi connectivity index (χ4n) is 3.47. The lowest BCUT2D eigenvalue weighted by molar-refractivity contribution is -0.105. The van der Waals surface area contributed by atoms with Gasteiger partial charge in [-0.2, -0.15) is 0 Å². The van der Waals surface area contributed by atoms with Crippen molar-refractivity contribution in [3.05, 3.63) is 48.0 Å². The lowest BCUT2D eigenvalue weighted by Crippen LogP contribution is -2.40. The second-order valence-corrected chi connectivity index (χ2v) is 8.15. The average Bonchev–Trinajstić information content (AvgIpc) is 2.98. The van der Waals surface area contributed by atoms with E-state index in [0.29, 0.717) is 21.9 Å². The first-order valence-electron chi connectivity index (χ1n) is 8.82. The lowest BCUT2D eigenvalue weighted by atomic mass is 9.94. The number of anilines is 1. The Hall–Kier alpha value is -2.34. The van der Waals surface area contributed by atoms with E-state index >= 15 is 0 Å². The van der Waals surface area contributed by atoms with E-state index in [2.05, 4.69) is 5.32 Å². The van der Waals surface area contributed by atoms with Crippen LogP contribution in [-0.2, 0) is 10.8 Å². The Morgan fingerprint density at radius 2 is 1.69 bits per heavy atom. The number of benzene rings is 2. The van der Waals surface area contributed by atoms with Gasteiger partial charge in [-0.3, -0.25) is 9.00 Å². The van der Waals surface area contributed by atoms with Gasteiger partial charge in [0.2, 0.25) is 0 Å². The maximum atomic E-state index is 12.4. The molecule has 1 N–H and O–H groups in total. The van der Waals surface area contributed by atoms with Gasteiger partial charge in [0.15, 0.2) is 11.5 Å². The number of carbonyl (C=O) groups is 1. The van der Waals surface area contributed by atoms with E-state index in [9.17, 15) is 9.00 Å². The first-order valence-corrected chi connectivity index (χ1v) is 10.4. The Balaban J connectivity index is 1.47. The standard InChI is InChI=1S/C20H21NO4S/c1-26(23)16-8-5-14(6-9-16)19(22)21-15-7-10-17-18(13-15)25-20(24-17)11-3-2-4-12-20/h5-10,13H,2-4,11-12H2,1H3,(H,21,22)/t26-/m0/s1. The second-order valence-electron chi connectivity index (χ2n) is 6.77. The van der Waals surface area contributed by atoms with Crippen molar-refractivity contribution in [2.24, 2.45) is 0 Å². The highest BCUT2D eigenvalue weighted by Gasteiger charge is 2.42. The van der Waals surface area contributed by atoms with E-state index in [1.165, 1.54) is 6.42 Å². The summed E-state index contributed by atoms with van der Waals surface area (Å²) in [6.07, 6.45) is 6.84. The zero-order valence-corrected chi connectivity index (χ0v) is 15.4. The molecule has 0 radical (unpaired) electrons. The fourth-order valence-corrected chi connectivity index (χ4v) is 3.99. The van der Waals surface area contributed by atoms with Crippen LogP contribution in [0.25, 0.3) is 0 Å². The van der Waals surface area contributed by atoms with Gasteiger partial charge in [0.25, 0.3) is 11.7 Å². The number of fused-ring (bicyclic) bond motifs is 1. The van der Waals surface area contributed by atoms with Crippen LogP contribution >= 0.6 is 0 Å². The van der Waals surface area contributed by atoms with Crippen LogP contribution in [0, 0.1) is 0 Å². The molecule has 1 amide bonds. The molecule has 1 aliphatic carbocycles. The Morgan fingerprint density at radius 3 is 2.38 bits per heavy atom. The van der Waals surface area contributed by atoms with Gasteiger partial charge in [-0.05, 0) is 49.2 Å². The number of nitrogens with one attached hydrogen (secondary N) is 1. The molecule has 26 heavy (non-hydrogen) atoms. The zero-order valence-electron chi connectivity index (χ0n) is 14.6. The van der Waals surface area contributed by atoms with Gasteiger partial charge in [-0.25, -0.2) is 0 Å². The number of rotatable bonds is 3. The van der Waals surface area contributed by atoms with Crippen LogP contribution in [0.5, 0.6) is 11.5 Å². The number of hydrogen-bond donors (Lipinski definition) is 1. The molecule has 4 rings (SSSR count). The average molecular weight is 371 g/mol. The highest BCUT2D eigenvalue weighted by Crippen LogP contribution is 2.46. The van der Waals surface area contributed by atoms with E-state index < -0.39 is 16.6 Å². The topological polar surface area (TPSA) is 64.6 Å². The van der Waals surface area contributed by atoms with Crippen LogP contribution < -0.4 is 14.8 Å². The number of amides is 1. The van der Waals surface area contributed by atoms with Gasteiger partial charge in [-0.1, -0.05) is 6.42 Å². The van der Waals surface area contributed by atoms with Crippen molar-refractivity contribution in [3.63, 3.8) is 0 Å². The first kappa shape index (κ1) is 17.1. The molecule has 6 heteroatoms. The van der Waals surface area contributed by atoms with E-state index in [-0.39, 0.29) is 5.91 Å². The molecule has 2 aromatic rings. The van der Waals surface area contributed by atoms with Crippen molar-refractivity contribution in [2.75, 3.05) is 11.6 Å². The van der Waals surface area contributed by atoms with E-state index in [4.69, 9.17) is 9.47 Å². The third kappa shape index (κ3) is 3.33. The quantitative estimate of drug-likeness (QED) is 0.882. The van der Waals surface area contributed by atoms with Crippen molar-refractivity contribution >= 4 is 22.4 Å². The molecule has 2 aromatic carbocycles. The fraction of sp³-hybridized carbons (Fsp3) is 0.350. The normalized spacial score (nSPS) is 18.5. The van der Waals surface area contributed by atoms with E-state index in [1.54, 1.807) is 30.5 Å². The summed E-state index contributed by atoms with van der Waals surface area (Å²) in [5, 5.41) is 2.88. The predicted molar refractivity (Wildman–Crippen MR) is 100 cm³/mol. The van der Waals surface area contributed by atoms with Gasteiger partial charge in [0, 0.05) is 52.1 Å². The SMILES string of the molecule is C[S@](=O)c1ccc(C(=O)Nc2ccc3c(c2)OC2(CCCCC2)O3)cc1. The first-order chi connectivity index (χ1) is 12.5. The van der Waals surface area contributed by atoms with Gasteiger partial charge >= 0.3 is 0 Å². The molecule has 1 fully saturated rings. The molecule has 1 aliphatic heterocycles. The summed E-state index contributed by atoms with van der Waals surface area (Å²) < 4.78 is 23.6. The summed E-state index contributed by atoms with van der Waals surface area (Å²) >= 11 is 0. The molecule has 1 spiro atoms. The summed E-state index contributed by atoms with van der Waals surface area (Å²) in [5.74, 6) is 0.681. The van der Waals surface area contributed by atoms with E-state index in [0.717, 1.165) is 31.4 Å². The molecule has 136 valence electrons. The third-order valence-corrected chi connectivity index (χ3v) is 5.79. The molecule has 0 bridgehead atoms. The van der Waals surface area contributed by atoms with Gasteiger partial charge < -0.3 is 14.8 Å². The maximum Gasteiger partial charge on any atom is 0.255 e. The minimum Gasteiger partial charge on any atom is -0.448 e. The molecular formula is C20H21NO4S. The van der Waals surface area contributed by atoms with Crippen LogP contribution in [-0.4, -0.2) is 22.2 Å². The molecular weight excluding hydrogens is 350 g/mol. The Morgan fingerprint density at radius 1 is 1.00 bits per heavy atom. The second kappa shape index (κ2) is 6.76. The Bertz CT molecular complexity index is 857. The number of carbonyl (C=O) groups excluding carboxylic acids is 1. The molecule has 1 saturated carbocycles. The summed E-state index contributed by atoms with van der Waals surface area (Å²) in [4.78, 5) is 13.1. The van der Waals surface area contributed by atoms with Crippen molar-refractivity contribution in [1.82, 2.24) is 0 Å². The number of ether oxygens (including phenoxy) is 2. The molecule has 0 aromatic heterocycles. The van der Waals surface area contributed by atoms with Crippen LogP contribution in [0.3, 0.4) is 0 Å².